The molecule has 3 rings (SSSR count). The molecule has 2 aromatic rings. The lowest BCUT2D eigenvalue weighted by atomic mass is 10.2. The van der Waals surface area contributed by atoms with Gasteiger partial charge in [0.05, 0.1) is 31.2 Å². The summed E-state index contributed by atoms with van der Waals surface area (Å²) in [7, 11) is 0. The van der Waals surface area contributed by atoms with Crippen molar-refractivity contribution in [3.8, 4) is 10.6 Å². The van der Waals surface area contributed by atoms with Crippen molar-refractivity contribution in [2.45, 2.75) is 18.9 Å². The number of carbonyl (C=O) groups excluding carboxylic acids is 1. The first-order chi connectivity index (χ1) is 11.6. The average molecular weight is 347 g/mol. The predicted molar refractivity (Wildman–Crippen MR) is 87.6 cm³/mol. The molecule has 0 bridgehead atoms. The normalized spacial score (nSPS) is 17.7. The van der Waals surface area contributed by atoms with Crippen molar-refractivity contribution in [3.63, 3.8) is 0 Å². The third-order valence-corrected chi connectivity index (χ3v) is 4.63. The number of aliphatic carboxylic acids is 1. The fourth-order valence-electron chi connectivity index (χ4n) is 2.54. The number of pyridine rings is 1. The Bertz CT molecular complexity index is 719. The van der Waals surface area contributed by atoms with Gasteiger partial charge in [-0.3, -0.25) is 14.6 Å². The highest BCUT2D eigenvalue weighted by Gasteiger charge is 2.26. The van der Waals surface area contributed by atoms with E-state index in [4.69, 9.17) is 9.84 Å². The number of aromatic nitrogens is 2. The highest BCUT2D eigenvalue weighted by molar-refractivity contribution is 7.13. The molecule has 0 aromatic carbocycles. The zero-order chi connectivity index (χ0) is 16.9. The van der Waals surface area contributed by atoms with Gasteiger partial charge in [-0.1, -0.05) is 0 Å². The van der Waals surface area contributed by atoms with Gasteiger partial charge in [0.2, 0.25) is 5.91 Å². The number of hydrogen-bond acceptors (Lipinski definition) is 6. The van der Waals surface area contributed by atoms with Crippen LogP contribution in [0, 0.1) is 0 Å². The summed E-state index contributed by atoms with van der Waals surface area (Å²) in [4.78, 5) is 33.4. The van der Waals surface area contributed by atoms with Gasteiger partial charge in [0, 0.05) is 36.4 Å². The van der Waals surface area contributed by atoms with Gasteiger partial charge >= 0.3 is 5.97 Å². The molecule has 0 saturated carbocycles. The van der Waals surface area contributed by atoms with Crippen LogP contribution in [0.4, 0.5) is 0 Å². The zero-order valence-corrected chi connectivity index (χ0v) is 13.7. The second-order valence-electron chi connectivity index (χ2n) is 5.49. The Morgan fingerprint density at radius 2 is 2.33 bits per heavy atom. The predicted octanol–water partition coefficient (Wildman–Crippen LogP) is 1.45. The number of rotatable bonds is 5. The summed E-state index contributed by atoms with van der Waals surface area (Å²) in [5.74, 6) is -0.980. The largest absolute Gasteiger partial charge is 0.481 e. The topological polar surface area (TPSA) is 92.6 Å². The van der Waals surface area contributed by atoms with Crippen LogP contribution in [-0.2, 0) is 20.7 Å². The number of nitrogens with zero attached hydrogens (tertiary/aromatic N) is 3. The highest BCUT2D eigenvalue weighted by Crippen LogP contribution is 2.23. The third-order valence-electron chi connectivity index (χ3n) is 3.69. The zero-order valence-electron chi connectivity index (χ0n) is 12.9. The van der Waals surface area contributed by atoms with Gasteiger partial charge in [-0.2, -0.15) is 0 Å². The van der Waals surface area contributed by atoms with Crippen LogP contribution in [0.15, 0.2) is 29.9 Å². The number of carbonyl (C=O) groups is 2. The molecule has 24 heavy (non-hydrogen) atoms. The summed E-state index contributed by atoms with van der Waals surface area (Å²) in [5, 5.41) is 11.5. The van der Waals surface area contributed by atoms with E-state index in [2.05, 4.69) is 9.97 Å². The van der Waals surface area contributed by atoms with Crippen LogP contribution in [0.2, 0.25) is 0 Å². The summed E-state index contributed by atoms with van der Waals surface area (Å²) in [6, 6.07) is 3.77. The van der Waals surface area contributed by atoms with Crippen LogP contribution in [0.1, 0.15) is 12.1 Å². The summed E-state index contributed by atoms with van der Waals surface area (Å²) >= 11 is 1.48. The van der Waals surface area contributed by atoms with Gasteiger partial charge in [-0.15, -0.1) is 11.3 Å². The third kappa shape index (κ3) is 4.15. The van der Waals surface area contributed by atoms with Gasteiger partial charge in [-0.25, -0.2) is 4.98 Å². The first kappa shape index (κ1) is 16.5. The number of hydrogen-bond donors (Lipinski definition) is 1. The molecule has 7 nitrogen and oxygen atoms in total. The van der Waals surface area contributed by atoms with Gasteiger partial charge in [0.15, 0.2) is 0 Å². The summed E-state index contributed by atoms with van der Waals surface area (Å²) in [6.07, 6.45) is 3.11. The van der Waals surface area contributed by atoms with Crippen molar-refractivity contribution in [3.05, 3.63) is 35.6 Å². The Hall–Kier alpha value is -2.32. The average Bonchev–Trinajstić information content (AvgIpc) is 3.04. The minimum absolute atomic E-state index is 0.0586. The summed E-state index contributed by atoms with van der Waals surface area (Å²) < 4.78 is 5.39. The second-order valence-corrected chi connectivity index (χ2v) is 6.35. The van der Waals surface area contributed by atoms with Crippen LogP contribution < -0.4 is 0 Å². The van der Waals surface area contributed by atoms with E-state index in [1.54, 1.807) is 17.3 Å². The minimum Gasteiger partial charge on any atom is -0.481 e. The first-order valence-corrected chi connectivity index (χ1v) is 8.46. The molecule has 2 aromatic heterocycles. The molecular formula is C16H17N3O4S. The van der Waals surface area contributed by atoms with Gasteiger partial charge < -0.3 is 14.7 Å². The lowest BCUT2D eigenvalue weighted by molar-refractivity contribution is -0.147. The molecule has 0 aliphatic carbocycles. The first-order valence-electron chi connectivity index (χ1n) is 7.58. The Balaban J connectivity index is 1.61. The van der Waals surface area contributed by atoms with Gasteiger partial charge in [0.25, 0.3) is 0 Å². The van der Waals surface area contributed by atoms with Crippen LogP contribution in [0.3, 0.4) is 0 Å². The molecule has 1 atom stereocenters. The van der Waals surface area contributed by atoms with E-state index in [0.717, 1.165) is 10.6 Å². The molecule has 1 aliphatic rings. The van der Waals surface area contributed by atoms with Crippen LogP contribution in [0.25, 0.3) is 10.6 Å². The molecule has 1 amide bonds. The lowest BCUT2D eigenvalue weighted by Crippen LogP contribution is -2.46. The molecule has 1 aliphatic heterocycles. The maximum atomic E-state index is 12.4. The number of morpholine rings is 1. The van der Waals surface area contributed by atoms with Gasteiger partial charge in [-0.05, 0) is 12.1 Å². The van der Waals surface area contributed by atoms with Crippen LogP contribution in [-0.4, -0.2) is 57.7 Å². The number of ether oxygens (including phenoxy) is 1. The lowest BCUT2D eigenvalue weighted by Gasteiger charge is -2.32. The number of amides is 1. The molecular weight excluding hydrogens is 330 g/mol. The SMILES string of the molecule is O=C(O)CC1CN(C(=O)Cc2csc(-c3cccnc3)n2)CCO1. The molecule has 3 heterocycles. The molecule has 126 valence electrons. The molecule has 1 unspecified atom stereocenters. The molecule has 1 N–H and O–H groups in total. The van der Waals surface area contributed by atoms with Crippen LogP contribution >= 0.6 is 11.3 Å². The quantitative estimate of drug-likeness (QED) is 0.880. The van der Waals surface area contributed by atoms with Crippen LogP contribution in [0.5, 0.6) is 0 Å². The molecule has 1 fully saturated rings. The van der Waals surface area contributed by atoms with Crippen molar-refractivity contribution in [1.29, 1.82) is 0 Å². The van der Waals surface area contributed by atoms with E-state index in [1.807, 2.05) is 17.5 Å². The Morgan fingerprint density at radius 3 is 3.08 bits per heavy atom. The fourth-order valence-corrected chi connectivity index (χ4v) is 3.35. The number of thiazole rings is 1. The summed E-state index contributed by atoms with van der Waals surface area (Å²) in [5.41, 5.74) is 1.64. The molecule has 8 heteroatoms. The van der Waals surface area contributed by atoms with E-state index in [0.29, 0.717) is 25.4 Å². The molecule has 0 spiro atoms. The highest BCUT2D eigenvalue weighted by atomic mass is 32.1. The smallest absolute Gasteiger partial charge is 0.306 e. The number of carboxylic acid groups (broad SMARTS) is 1. The fraction of sp³-hybridized carbons (Fsp3) is 0.375. The number of carboxylic acids is 1. The standard InChI is InChI=1S/C16H17N3O4S/c20-14(19-4-5-23-13(9-19)7-15(21)22)6-12-10-24-16(18-12)11-2-1-3-17-8-11/h1-3,8,10,13H,4-7,9H2,(H,21,22). The van der Waals surface area contributed by atoms with Crippen molar-refractivity contribution < 1.29 is 19.4 Å². The van der Waals surface area contributed by atoms with Crippen molar-refractivity contribution >= 4 is 23.2 Å². The van der Waals surface area contributed by atoms with Crippen molar-refractivity contribution in [2.75, 3.05) is 19.7 Å². The van der Waals surface area contributed by atoms with E-state index in [-0.39, 0.29) is 18.7 Å². The minimum atomic E-state index is -0.921. The molecule has 0 radical (unpaired) electrons. The maximum absolute atomic E-state index is 12.4. The van der Waals surface area contributed by atoms with E-state index in [9.17, 15) is 9.59 Å². The Morgan fingerprint density at radius 1 is 1.46 bits per heavy atom. The maximum Gasteiger partial charge on any atom is 0.306 e. The van der Waals surface area contributed by atoms with Crippen molar-refractivity contribution in [2.24, 2.45) is 0 Å². The van der Waals surface area contributed by atoms with E-state index in [1.165, 1.54) is 11.3 Å². The van der Waals surface area contributed by atoms with Crippen molar-refractivity contribution in [1.82, 2.24) is 14.9 Å². The van der Waals surface area contributed by atoms with E-state index >= 15 is 0 Å². The van der Waals surface area contributed by atoms with Gasteiger partial charge in [0.1, 0.15) is 5.01 Å². The monoisotopic (exact) mass is 347 g/mol. The van der Waals surface area contributed by atoms with E-state index < -0.39 is 12.1 Å². The summed E-state index contributed by atoms with van der Waals surface area (Å²) in [6.45, 7) is 1.15. The molecule has 1 saturated heterocycles. The second kappa shape index (κ2) is 7.50. The Kier molecular flexibility index (Phi) is 5.17. The Labute approximate surface area is 142 Å².